The molecule has 15 heteroatoms. The van der Waals surface area contributed by atoms with Gasteiger partial charge in [0.25, 0.3) is 0 Å². The second-order valence-electron chi connectivity index (χ2n) is 15.0. The maximum atomic E-state index is 13.8. The van der Waals surface area contributed by atoms with Gasteiger partial charge in [0.15, 0.2) is 11.7 Å². The number of esters is 3. The summed E-state index contributed by atoms with van der Waals surface area (Å²) in [6.07, 6.45) is -6.22. The second kappa shape index (κ2) is 10.4. The molecule has 7 aliphatic rings. The first-order valence-corrected chi connectivity index (χ1v) is 16.2. The van der Waals surface area contributed by atoms with Crippen molar-refractivity contribution in [2.45, 2.75) is 100 Å². The number of carbonyl (C=O) groups excluding carboxylic acids is 3. The molecule has 3 aliphatic carbocycles. The van der Waals surface area contributed by atoms with Gasteiger partial charge in [0.05, 0.1) is 63.5 Å². The highest BCUT2D eigenvalue weighted by molar-refractivity contribution is 5.88. The molecule has 0 aromatic heterocycles. The van der Waals surface area contributed by atoms with Gasteiger partial charge in [0.1, 0.15) is 22.7 Å². The minimum Gasteiger partial charge on any atom is -0.469 e. The molecule has 0 radical (unpaired) electrons. The van der Waals surface area contributed by atoms with Crippen LogP contribution in [0.4, 0.5) is 0 Å². The van der Waals surface area contributed by atoms with E-state index < -0.39 is 125 Å². The van der Waals surface area contributed by atoms with Crippen molar-refractivity contribution in [3.05, 3.63) is 24.0 Å². The van der Waals surface area contributed by atoms with Gasteiger partial charge in [0, 0.05) is 35.2 Å². The van der Waals surface area contributed by atoms with Gasteiger partial charge in [-0.1, -0.05) is 13.0 Å². The van der Waals surface area contributed by atoms with Crippen molar-refractivity contribution in [1.29, 1.82) is 0 Å². The Morgan fingerprint density at radius 2 is 1.69 bits per heavy atom. The van der Waals surface area contributed by atoms with Crippen molar-refractivity contribution in [2.24, 2.45) is 34.0 Å². The van der Waals surface area contributed by atoms with E-state index >= 15 is 0 Å². The molecule has 4 aliphatic heterocycles. The maximum absolute atomic E-state index is 13.8. The van der Waals surface area contributed by atoms with Gasteiger partial charge in [0.2, 0.25) is 6.29 Å². The van der Waals surface area contributed by atoms with Gasteiger partial charge >= 0.3 is 17.9 Å². The summed E-state index contributed by atoms with van der Waals surface area (Å²) in [5.74, 6) is -6.07. The number of methoxy groups -OCH3 is 2. The predicted octanol–water partition coefficient (Wildman–Crippen LogP) is -1.14. The van der Waals surface area contributed by atoms with Crippen LogP contribution in [0.1, 0.15) is 40.5 Å². The molecule has 15 nitrogen and oxygen atoms in total. The monoisotopic (exact) mass is 680 g/mol. The summed E-state index contributed by atoms with van der Waals surface area (Å²) in [5.41, 5.74) is -11.8. The molecule has 16 atom stereocenters. The zero-order valence-electron chi connectivity index (χ0n) is 27.7. The van der Waals surface area contributed by atoms with Crippen molar-refractivity contribution in [2.75, 3.05) is 27.4 Å². The molecule has 7 rings (SSSR count). The molecule has 4 heterocycles. The number of ether oxygens (including phenoxy) is 7. The fourth-order valence-corrected chi connectivity index (χ4v) is 11.3. The van der Waals surface area contributed by atoms with E-state index in [1.54, 1.807) is 26.8 Å². The topological polar surface area (TPSA) is 217 Å². The molecule has 16 unspecified atom stereocenters. The van der Waals surface area contributed by atoms with E-state index in [0.717, 1.165) is 14.2 Å². The number of hydrogen-bond donors (Lipinski definition) is 5. The number of allylic oxidation sites excluding steroid dienone is 1. The van der Waals surface area contributed by atoms with Crippen molar-refractivity contribution in [1.82, 2.24) is 0 Å². The Hall–Kier alpha value is -2.63. The van der Waals surface area contributed by atoms with Crippen LogP contribution in [-0.2, 0) is 47.5 Å². The highest BCUT2D eigenvalue weighted by atomic mass is 16.7. The van der Waals surface area contributed by atoms with Gasteiger partial charge in [-0.15, -0.1) is 0 Å². The molecular formula is C33H44O15. The van der Waals surface area contributed by atoms with E-state index in [0.29, 0.717) is 0 Å². The smallest absolute Gasteiger partial charge is 0.335 e. The largest absolute Gasteiger partial charge is 0.469 e. The minimum absolute atomic E-state index is 0.0797. The highest BCUT2D eigenvalue weighted by Crippen LogP contribution is 2.76. The minimum atomic E-state index is -2.49. The number of aliphatic hydroxyl groups is 5. The van der Waals surface area contributed by atoms with E-state index in [2.05, 4.69) is 0 Å². The first-order valence-electron chi connectivity index (χ1n) is 16.2. The highest BCUT2D eigenvalue weighted by Gasteiger charge is 2.89. The first-order chi connectivity index (χ1) is 22.5. The summed E-state index contributed by atoms with van der Waals surface area (Å²) in [6.45, 7) is 5.23. The Bertz CT molecular complexity index is 1480. The first kappa shape index (κ1) is 33.8. The normalized spacial score (nSPS) is 54.5. The molecule has 6 fully saturated rings. The lowest BCUT2D eigenvalue weighted by Gasteiger charge is -2.67. The van der Waals surface area contributed by atoms with E-state index in [-0.39, 0.29) is 18.4 Å². The van der Waals surface area contributed by atoms with E-state index in [1.807, 2.05) is 0 Å². The summed E-state index contributed by atoms with van der Waals surface area (Å²) < 4.78 is 40.7. The molecule has 3 saturated heterocycles. The third kappa shape index (κ3) is 3.54. The molecular weight excluding hydrogens is 636 g/mol. The quantitative estimate of drug-likeness (QED) is 0.132. The van der Waals surface area contributed by atoms with Crippen LogP contribution in [0, 0.1) is 34.0 Å². The molecule has 48 heavy (non-hydrogen) atoms. The second-order valence-corrected chi connectivity index (χ2v) is 15.0. The van der Waals surface area contributed by atoms with Crippen LogP contribution in [0.25, 0.3) is 0 Å². The summed E-state index contributed by atoms with van der Waals surface area (Å²) in [5, 5.41) is 62.0. The van der Waals surface area contributed by atoms with Crippen LogP contribution in [0.2, 0.25) is 0 Å². The molecule has 266 valence electrons. The zero-order valence-corrected chi connectivity index (χ0v) is 27.7. The van der Waals surface area contributed by atoms with Gasteiger partial charge in [-0.05, 0) is 33.3 Å². The fourth-order valence-electron chi connectivity index (χ4n) is 11.3. The number of hydrogen-bond acceptors (Lipinski definition) is 15. The van der Waals surface area contributed by atoms with E-state index in [9.17, 15) is 39.9 Å². The van der Waals surface area contributed by atoms with Crippen LogP contribution in [0.3, 0.4) is 0 Å². The Labute approximate surface area is 276 Å². The van der Waals surface area contributed by atoms with Crippen LogP contribution in [-0.4, -0.2) is 131 Å². The molecule has 0 aromatic carbocycles. The van der Waals surface area contributed by atoms with E-state index in [4.69, 9.17) is 33.2 Å². The van der Waals surface area contributed by atoms with Crippen LogP contribution < -0.4 is 0 Å². The lowest BCUT2D eigenvalue weighted by atomic mass is 9.37. The summed E-state index contributed by atoms with van der Waals surface area (Å²) >= 11 is 0. The molecule has 3 saturated carbocycles. The average Bonchev–Trinajstić information content (AvgIpc) is 3.82. The number of fused-ring (bicyclic) bond motifs is 6. The van der Waals surface area contributed by atoms with Crippen molar-refractivity contribution >= 4 is 17.9 Å². The molecule has 2 bridgehead atoms. The van der Waals surface area contributed by atoms with Crippen molar-refractivity contribution in [3.63, 3.8) is 0 Å². The Balaban J connectivity index is 1.50. The fraction of sp³-hybridized carbons (Fsp3) is 0.788. The SMILES string of the molecule is CC=C(C)C(=O)OC1CC(O)C2(C(=O)OC)COC3C2C1(C)C1C(C(=O)OC)OCC1(C1(O)C2CC(C4(O)C=COC4O2)C1(C)O)C3O. The number of carbonyl (C=O) groups is 3. The van der Waals surface area contributed by atoms with E-state index in [1.165, 1.54) is 19.3 Å². The lowest BCUT2D eigenvalue weighted by molar-refractivity contribution is -0.332. The molecule has 0 aromatic rings. The molecule has 0 spiro atoms. The van der Waals surface area contributed by atoms with Crippen LogP contribution in [0.5, 0.6) is 0 Å². The predicted molar refractivity (Wildman–Crippen MR) is 157 cm³/mol. The van der Waals surface area contributed by atoms with Crippen LogP contribution >= 0.6 is 0 Å². The van der Waals surface area contributed by atoms with Crippen molar-refractivity contribution < 1.29 is 73.1 Å². The average molecular weight is 681 g/mol. The third-order valence-corrected chi connectivity index (χ3v) is 13.5. The summed E-state index contributed by atoms with van der Waals surface area (Å²) in [4.78, 5) is 40.9. The summed E-state index contributed by atoms with van der Waals surface area (Å²) in [6, 6.07) is 0. The molecule has 5 N–H and O–H groups in total. The number of rotatable bonds is 5. The summed E-state index contributed by atoms with van der Waals surface area (Å²) in [7, 11) is 2.30. The van der Waals surface area contributed by atoms with Gasteiger partial charge in [-0.3, -0.25) is 4.79 Å². The Morgan fingerprint density at radius 3 is 2.33 bits per heavy atom. The zero-order chi connectivity index (χ0) is 35.0. The van der Waals surface area contributed by atoms with Gasteiger partial charge < -0.3 is 58.7 Å². The van der Waals surface area contributed by atoms with Gasteiger partial charge in [-0.25, -0.2) is 9.59 Å². The Kier molecular flexibility index (Phi) is 7.37. The molecule has 0 amide bonds. The number of aliphatic hydroxyl groups excluding tert-OH is 2. The Morgan fingerprint density at radius 1 is 0.979 bits per heavy atom. The standard InChI is InChI=1S/C33H44O15/c1-7-14(2)24(36)47-17-11-16(34)30(26(38)43-6)12-45-19-21(30)28(17,3)22-20(25(37)42-5)46-13-31(22,23(19)35)33(41)18-10-15(29(33,4)39)32(40)8-9-44-27(32)48-18/h7-9,15-23,27,34-35,39-41H,10-13H2,1-6H3. The third-order valence-electron chi connectivity index (χ3n) is 13.5. The maximum Gasteiger partial charge on any atom is 0.335 e. The van der Waals surface area contributed by atoms with Crippen molar-refractivity contribution in [3.8, 4) is 0 Å². The van der Waals surface area contributed by atoms with Crippen LogP contribution in [0.15, 0.2) is 24.0 Å². The van der Waals surface area contributed by atoms with Gasteiger partial charge in [-0.2, -0.15) is 0 Å². The lowest BCUT2D eigenvalue weighted by Crippen LogP contribution is -2.81.